The molecule has 20 heavy (non-hydrogen) atoms. The lowest BCUT2D eigenvalue weighted by molar-refractivity contribution is 0.0385. The van der Waals surface area contributed by atoms with Crippen molar-refractivity contribution in [2.24, 2.45) is 5.92 Å². The van der Waals surface area contributed by atoms with Gasteiger partial charge < -0.3 is 9.26 Å². The Labute approximate surface area is 116 Å². The van der Waals surface area contributed by atoms with Gasteiger partial charge >= 0.3 is 0 Å². The van der Waals surface area contributed by atoms with E-state index in [1.807, 2.05) is 13.0 Å². The Morgan fingerprint density at radius 1 is 1.55 bits per heavy atom. The molecule has 2 aromatic rings. The van der Waals surface area contributed by atoms with Crippen LogP contribution in [0.1, 0.15) is 37.4 Å². The van der Waals surface area contributed by atoms with Crippen LogP contribution in [0.3, 0.4) is 0 Å². The molecule has 6 heteroatoms. The van der Waals surface area contributed by atoms with Gasteiger partial charge in [-0.05, 0) is 37.8 Å². The molecule has 3 rings (SSSR count). The Hall–Kier alpha value is -2.26. The maximum atomic E-state index is 8.85. The summed E-state index contributed by atoms with van der Waals surface area (Å²) in [5.74, 6) is 1.47. The highest BCUT2D eigenvalue weighted by atomic mass is 16.5. The molecular formula is C14H14N4O2. The van der Waals surface area contributed by atoms with E-state index >= 15 is 0 Å². The molecule has 0 spiro atoms. The summed E-state index contributed by atoms with van der Waals surface area (Å²) in [7, 11) is 0. The third-order valence-corrected chi connectivity index (χ3v) is 3.21. The molecule has 1 aliphatic rings. The minimum Gasteiger partial charge on any atom is -0.370 e. The predicted molar refractivity (Wildman–Crippen MR) is 69.3 cm³/mol. The summed E-state index contributed by atoms with van der Waals surface area (Å²) in [4.78, 5) is 8.31. The summed E-state index contributed by atoms with van der Waals surface area (Å²) >= 11 is 0. The van der Waals surface area contributed by atoms with E-state index in [9.17, 15) is 0 Å². The number of pyridine rings is 1. The lowest BCUT2D eigenvalue weighted by Crippen LogP contribution is -2.08. The summed E-state index contributed by atoms with van der Waals surface area (Å²) in [6.07, 6.45) is 3.75. The van der Waals surface area contributed by atoms with Gasteiger partial charge in [-0.3, -0.25) is 0 Å². The van der Waals surface area contributed by atoms with Crippen molar-refractivity contribution in [3.8, 4) is 17.5 Å². The summed E-state index contributed by atoms with van der Waals surface area (Å²) in [5.41, 5.74) is 1.02. The molecule has 1 saturated carbocycles. The number of nitrogens with zero attached hydrogens (tertiary/aromatic N) is 4. The topological polar surface area (TPSA) is 84.8 Å². The van der Waals surface area contributed by atoms with Gasteiger partial charge in [-0.15, -0.1) is 0 Å². The van der Waals surface area contributed by atoms with Crippen LogP contribution in [0.15, 0.2) is 22.9 Å². The molecule has 0 N–H and O–H groups in total. The Kier molecular flexibility index (Phi) is 3.44. The van der Waals surface area contributed by atoms with Crippen molar-refractivity contribution >= 4 is 0 Å². The maximum Gasteiger partial charge on any atom is 0.258 e. The number of hydrogen-bond acceptors (Lipinski definition) is 6. The molecule has 0 aliphatic heterocycles. The van der Waals surface area contributed by atoms with Crippen LogP contribution in [0.25, 0.3) is 11.5 Å². The van der Waals surface area contributed by atoms with Crippen LogP contribution in [0.4, 0.5) is 0 Å². The highest BCUT2D eigenvalue weighted by Crippen LogP contribution is 2.42. The fraction of sp³-hybridized carbons (Fsp3) is 0.429. The third-order valence-electron chi connectivity index (χ3n) is 3.21. The summed E-state index contributed by atoms with van der Waals surface area (Å²) in [6, 6.07) is 5.36. The van der Waals surface area contributed by atoms with Crippen molar-refractivity contribution in [2.75, 3.05) is 6.61 Å². The molecule has 6 nitrogen and oxygen atoms in total. The molecule has 1 fully saturated rings. The summed E-state index contributed by atoms with van der Waals surface area (Å²) < 4.78 is 11.0. The molecule has 2 heterocycles. The second-order valence-electron chi connectivity index (χ2n) is 4.71. The molecule has 0 saturated heterocycles. The fourth-order valence-electron chi connectivity index (χ4n) is 2.09. The first-order valence-corrected chi connectivity index (χ1v) is 6.63. The predicted octanol–water partition coefficient (Wildman–Crippen LogP) is 2.49. The van der Waals surface area contributed by atoms with Crippen molar-refractivity contribution < 1.29 is 9.26 Å². The molecule has 1 atom stereocenters. The standard InChI is InChI=1S/C14H14N4O2/c1-2-19-12(9-3-4-9)13-17-14(20-18-13)10-5-6-16-11(7-10)8-15/h5-7,9,12H,2-4H2,1H3. The highest BCUT2D eigenvalue weighted by molar-refractivity contribution is 5.54. The first-order chi connectivity index (χ1) is 9.81. The van der Waals surface area contributed by atoms with Gasteiger partial charge in [0.25, 0.3) is 5.89 Å². The molecule has 2 aromatic heterocycles. The minimum atomic E-state index is -0.0882. The zero-order valence-electron chi connectivity index (χ0n) is 11.1. The second kappa shape index (κ2) is 5.39. The van der Waals surface area contributed by atoms with Crippen LogP contribution >= 0.6 is 0 Å². The zero-order chi connectivity index (χ0) is 13.9. The van der Waals surface area contributed by atoms with Gasteiger partial charge in [0, 0.05) is 18.4 Å². The first kappa shape index (κ1) is 12.8. The zero-order valence-corrected chi connectivity index (χ0v) is 11.1. The van der Waals surface area contributed by atoms with E-state index < -0.39 is 0 Å². The number of ether oxygens (including phenoxy) is 1. The maximum absolute atomic E-state index is 8.85. The van der Waals surface area contributed by atoms with E-state index in [0.29, 0.717) is 35.5 Å². The lowest BCUT2D eigenvalue weighted by Gasteiger charge is -2.10. The van der Waals surface area contributed by atoms with Gasteiger partial charge in [-0.1, -0.05) is 5.16 Å². The van der Waals surface area contributed by atoms with E-state index in [0.717, 1.165) is 12.8 Å². The van der Waals surface area contributed by atoms with Crippen molar-refractivity contribution in [2.45, 2.75) is 25.9 Å². The van der Waals surface area contributed by atoms with Crippen molar-refractivity contribution in [1.82, 2.24) is 15.1 Å². The van der Waals surface area contributed by atoms with Crippen LogP contribution in [-0.4, -0.2) is 21.7 Å². The number of nitriles is 1. The summed E-state index contributed by atoms with van der Waals surface area (Å²) in [6.45, 7) is 2.58. The van der Waals surface area contributed by atoms with E-state index in [1.165, 1.54) is 0 Å². The third kappa shape index (κ3) is 2.53. The van der Waals surface area contributed by atoms with Gasteiger partial charge in [-0.25, -0.2) is 4.98 Å². The van der Waals surface area contributed by atoms with Crippen molar-refractivity contribution in [3.05, 3.63) is 29.8 Å². The Bertz CT molecular complexity index is 643. The average Bonchev–Trinajstić information content (AvgIpc) is 3.21. The molecule has 0 radical (unpaired) electrons. The van der Waals surface area contributed by atoms with E-state index in [4.69, 9.17) is 14.5 Å². The number of rotatable bonds is 5. The van der Waals surface area contributed by atoms with E-state index in [-0.39, 0.29) is 6.10 Å². The largest absolute Gasteiger partial charge is 0.370 e. The van der Waals surface area contributed by atoms with Crippen LogP contribution in [0, 0.1) is 17.2 Å². The molecule has 1 unspecified atom stereocenters. The van der Waals surface area contributed by atoms with Gasteiger partial charge in [0.05, 0.1) is 0 Å². The number of aromatic nitrogens is 3. The van der Waals surface area contributed by atoms with Gasteiger partial charge in [0.1, 0.15) is 17.9 Å². The van der Waals surface area contributed by atoms with Crippen molar-refractivity contribution in [3.63, 3.8) is 0 Å². The van der Waals surface area contributed by atoms with Crippen LogP contribution in [0.5, 0.6) is 0 Å². The van der Waals surface area contributed by atoms with Crippen LogP contribution in [-0.2, 0) is 4.74 Å². The smallest absolute Gasteiger partial charge is 0.258 e. The molecule has 0 aromatic carbocycles. The van der Waals surface area contributed by atoms with Crippen LogP contribution < -0.4 is 0 Å². The molecular weight excluding hydrogens is 256 g/mol. The highest BCUT2D eigenvalue weighted by Gasteiger charge is 2.36. The minimum absolute atomic E-state index is 0.0882. The molecule has 0 amide bonds. The fourth-order valence-corrected chi connectivity index (χ4v) is 2.09. The van der Waals surface area contributed by atoms with E-state index in [2.05, 4.69) is 15.1 Å². The summed E-state index contributed by atoms with van der Waals surface area (Å²) in [5, 5.41) is 12.9. The monoisotopic (exact) mass is 270 g/mol. The lowest BCUT2D eigenvalue weighted by atomic mass is 10.2. The normalized spacial score (nSPS) is 15.8. The average molecular weight is 270 g/mol. The SMILES string of the molecule is CCOC(c1noc(-c2ccnc(C#N)c2)n1)C1CC1. The van der Waals surface area contributed by atoms with Crippen LogP contribution in [0.2, 0.25) is 0 Å². The Balaban J connectivity index is 1.87. The Morgan fingerprint density at radius 2 is 2.40 bits per heavy atom. The molecule has 0 bridgehead atoms. The first-order valence-electron chi connectivity index (χ1n) is 6.63. The Morgan fingerprint density at radius 3 is 3.10 bits per heavy atom. The van der Waals surface area contributed by atoms with Crippen molar-refractivity contribution in [1.29, 1.82) is 5.26 Å². The van der Waals surface area contributed by atoms with Gasteiger partial charge in [0.2, 0.25) is 5.82 Å². The number of hydrogen-bond donors (Lipinski definition) is 0. The molecule has 1 aliphatic carbocycles. The van der Waals surface area contributed by atoms with E-state index in [1.54, 1.807) is 18.3 Å². The molecule has 102 valence electrons. The van der Waals surface area contributed by atoms with Gasteiger partial charge in [-0.2, -0.15) is 10.2 Å². The second-order valence-corrected chi connectivity index (χ2v) is 4.71. The van der Waals surface area contributed by atoms with Gasteiger partial charge in [0.15, 0.2) is 0 Å². The quantitative estimate of drug-likeness (QED) is 0.829.